The van der Waals surface area contributed by atoms with Gasteiger partial charge in [-0.25, -0.2) is 22.6 Å². The number of sulfonamides is 1. The summed E-state index contributed by atoms with van der Waals surface area (Å²) in [4.78, 5) is 17.2. The van der Waals surface area contributed by atoms with Crippen LogP contribution in [0.2, 0.25) is 0 Å². The summed E-state index contributed by atoms with van der Waals surface area (Å²) in [5.74, 6) is 0.0147. The second-order valence-corrected chi connectivity index (χ2v) is 11.1. The minimum Gasteiger partial charge on any atom is -0.480 e. The predicted octanol–water partition coefficient (Wildman–Crippen LogP) is 5.29. The van der Waals surface area contributed by atoms with Gasteiger partial charge in [-0.2, -0.15) is 0 Å². The molecule has 2 heterocycles. The number of aliphatic carboxylic acids is 1. The first kappa shape index (κ1) is 24.1. The number of aromatic nitrogens is 1. The normalized spacial score (nSPS) is 15.2. The smallest absolute Gasteiger partial charge is 0.327 e. The number of halogens is 1. The zero-order valence-electron chi connectivity index (χ0n) is 19.1. The summed E-state index contributed by atoms with van der Waals surface area (Å²) in [5.41, 5.74) is 2.48. The molecule has 10 heteroatoms. The lowest BCUT2D eigenvalue weighted by Crippen LogP contribution is -2.42. The Kier molecular flexibility index (Phi) is 6.31. The molecule has 3 aromatic carbocycles. The van der Waals surface area contributed by atoms with Gasteiger partial charge in [-0.1, -0.05) is 18.2 Å². The van der Waals surface area contributed by atoms with Crippen LogP contribution in [0.15, 0.2) is 87.0 Å². The number of hydrogen-bond acceptors (Lipinski definition) is 6. The van der Waals surface area contributed by atoms with E-state index in [0.717, 1.165) is 14.9 Å². The van der Waals surface area contributed by atoms with Crippen LogP contribution in [0.25, 0.3) is 11.5 Å². The fraction of sp³-hybridized carbons (Fsp3) is 0.154. The van der Waals surface area contributed by atoms with E-state index in [1.54, 1.807) is 55.5 Å². The Morgan fingerprint density at radius 2 is 1.81 bits per heavy atom. The van der Waals surface area contributed by atoms with Gasteiger partial charge in [0.05, 0.1) is 16.3 Å². The summed E-state index contributed by atoms with van der Waals surface area (Å²) in [7, 11) is -4.08. The number of carboxylic acid groups (broad SMARTS) is 1. The van der Waals surface area contributed by atoms with Crippen molar-refractivity contribution in [3.8, 4) is 11.5 Å². The molecule has 7 nitrogen and oxygen atoms in total. The van der Waals surface area contributed by atoms with Gasteiger partial charge in [-0.05, 0) is 67.1 Å². The molecule has 184 valence electrons. The van der Waals surface area contributed by atoms with Crippen molar-refractivity contribution in [2.24, 2.45) is 0 Å². The molecule has 0 unspecified atom stereocenters. The van der Waals surface area contributed by atoms with Crippen LogP contribution in [0, 0.1) is 12.7 Å². The van der Waals surface area contributed by atoms with E-state index < -0.39 is 22.0 Å². The molecule has 0 saturated heterocycles. The number of oxazole rings is 1. The molecular formula is C26H21FN2O5S2. The lowest BCUT2D eigenvalue weighted by molar-refractivity contribution is -0.138. The lowest BCUT2D eigenvalue weighted by Gasteiger charge is -2.24. The number of nitrogens with zero attached hydrogens (tertiary/aromatic N) is 2. The first-order valence-corrected chi connectivity index (χ1v) is 13.5. The van der Waals surface area contributed by atoms with Crippen LogP contribution in [0.5, 0.6) is 0 Å². The van der Waals surface area contributed by atoms with E-state index >= 15 is 0 Å². The minimum absolute atomic E-state index is 0.0195. The second kappa shape index (κ2) is 9.44. The van der Waals surface area contributed by atoms with E-state index in [0.29, 0.717) is 34.2 Å². The molecule has 0 amide bonds. The Labute approximate surface area is 211 Å². The number of rotatable bonds is 7. The maximum atomic E-state index is 13.4. The van der Waals surface area contributed by atoms with Crippen molar-refractivity contribution in [1.29, 1.82) is 0 Å². The van der Waals surface area contributed by atoms with Gasteiger partial charge in [0.25, 0.3) is 10.0 Å². The molecule has 0 spiro atoms. The van der Waals surface area contributed by atoms with Gasteiger partial charge >= 0.3 is 5.97 Å². The molecule has 0 bridgehead atoms. The third-order valence-electron chi connectivity index (χ3n) is 5.95. The number of anilines is 1. The van der Waals surface area contributed by atoms with Crippen molar-refractivity contribution >= 4 is 33.4 Å². The van der Waals surface area contributed by atoms with E-state index in [2.05, 4.69) is 4.98 Å². The van der Waals surface area contributed by atoms with E-state index in [1.165, 1.54) is 36.0 Å². The average molecular weight is 525 g/mol. The molecular weight excluding hydrogens is 503 g/mol. The van der Waals surface area contributed by atoms with E-state index in [4.69, 9.17) is 4.42 Å². The largest absolute Gasteiger partial charge is 0.480 e. The van der Waals surface area contributed by atoms with Crippen LogP contribution in [0.4, 0.5) is 10.1 Å². The van der Waals surface area contributed by atoms with Crippen LogP contribution < -0.4 is 4.31 Å². The highest BCUT2D eigenvalue weighted by atomic mass is 32.2. The summed E-state index contributed by atoms with van der Waals surface area (Å²) >= 11 is 1.46. The highest BCUT2D eigenvalue weighted by Gasteiger charge is 2.42. The standard InChI is InChI=1S/C26H21FN2O5S2/c1-16-22(28-25(34-16)17-6-8-19(27)9-7-17)15-35-20-10-12-21(13-11-20)36(32,33)29-23-5-3-2-4-18(23)14-24(29)26(30)31/h2-13,24H,14-15H2,1H3,(H,30,31)/t24-/m1/s1. The Morgan fingerprint density at radius 3 is 2.50 bits per heavy atom. The van der Waals surface area contributed by atoms with Gasteiger partial charge in [0.2, 0.25) is 5.89 Å². The Balaban J connectivity index is 1.33. The molecule has 0 aliphatic carbocycles. The number of thioether (sulfide) groups is 1. The number of carboxylic acids is 1. The van der Waals surface area contributed by atoms with Crippen LogP contribution in [-0.4, -0.2) is 30.5 Å². The third kappa shape index (κ3) is 4.49. The van der Waals surface area contributed by atoms with Crippen molar-refractivity contribution in [3.63, 3.8) is 0 Å². The number of hydrogen-bond donors (Lipinski definition) is 1. The quantitative estimate of drug-likeness (QED) is 0.328. The molecule has 0 fully saturated rings. The fourth-order valence-corrected chi connectivity index (χ4v) is 6.64. The maximum absolute atomic E-state index is 13.4. The van der Waals surface area contributed by atoms with Gasteiger partial charge in [-0.15, -0.1) is 11.8 Å². The molecule has 5 rings (SSSR count). The summed E-state index contributed by atoms with van der Waals surface area (Å²) in [6.45, 7) is 1.80. The number of aryl methyl sites for hydroxylation is 1. The molecule has 1 N–H and O–H groups in total. The lowest BCUT2D eigenvalue weighted by atomic mass is 10.1. The Bertz CT molecular complexity index is 1530. The summed E-state index contributed by atoms with van der Waals surface area (Å²) < 4.78 is 46.7. The molecule has 4 aromatic rings. The third-order valence-corrected chi connectivity index (χ3v) is 8.81. The van der Waals surface area contributed by atoms with Crippen LogP contribution in [0.1, 0.15) is 17.0 Å². The molecule has 1 aliphatic heterocycles. The van der Waals surface area contributed by atoms with Crippen molar-refractivity contribution in [2.75, 3.05) is 4.31 Å². The second-order valence-electron chi connectivity index (χ2n) is 8.28. The summed E-state index contributed by atoms with van der Waals surface area (Å²) in [5, 5.41) is 9.66. The minimum atomic E-state index is -4.08. The van der Waals surface area contributed by atoms with Crippen molar-refractivity contribution in [2.45, 2.75) is 34.9 Å². The molecule has 1 aliphatic rings. The molecule has 1 aromatic heterocycles. The monoisotopic (exact) mass is 524 g/mol. The topological polar surface area (TPSA) is 101 Å². The SMILES string of the molecule is Cc1oc(-c2ccc(F)cc2)nc1CSc1ccc(S(=O)(=O)N2c3ccccc3C[C@@H]2C(=O)O)cc1. The van der Waals surface area contributed by atoms with E-state index in [-0.39, 0.29) is 17.1 Å². The van der Waals surface area contributed by atoms with Gasteiger partial charge < -0.3 is 9.52 Å². The highest BCUT2D eigenvalue weighted by Crippen LogP contribution is 2.37. The summed E-state index contributed by atoms with van der Waals surface area (Å²) in [6, 6.07) is 17.9. The number of fused-ring (bicyclic) bond motifs is 1. The maximum Gasteiger partial charge on any atom is 0.327 e. The first-order valence-electron chi connectivity index (χ1n) is 11.0. The molecule has 0 radical (unpaired) electrons. The zero-order chi connectivity index (χ0) is 25.4. The van der Waals surface area contributed by atoms with Crippen LogP contribution in [0.3, 0.4) is 0 Å². The molecule has 0 saturated carbocycles. The van der Waals surface area contributed by atoms with E-state index in [1.807, 2.05) is 0 Å². The van der Waals surface area contributed by atoms with Gasteiger partial charge in [0, 0.05) is 22.6 Å². The van der Waals surface area contributed by atoms with Crippen LogP contribution in [-0.2, 0) is 27.0 Å². The fourth-order valence-electron chi connectivity index (χ4n) is 4.09. The number of benzene rings is 3. The van der Waals surface area contributed by atoms with Crippen LogP contribution >= 0.6 is 11.8 Å². The molecule has 36 heavy (non-hydrogen) atoms. The Morgan fingerprint density at radius 1 is 1.11 bits per heavy atom. The van der Waals surface area contributed by atoms with E-state index in [9.17, 15) is 22.7 Å². The zero-order valence-corrected chi connectivity index (χ0v) is 20.7. The summed E-state index contributed by atoms with van der Waals surface area (Å²) in [6.07, 6.45) is 0.121. The molecule has 1 atom stereocenters. The van der Waals surface area contributed by atoms with Crippen molar-refractivity contribution < 1.29 is 27.1 Å². The number of carbonyl (C=O) groups is 1. The van der Waals surface area contributed by atoms with Gasteiger partial charge in [-0.3, -0.25) is 4.31 Å². The predicted molar refractivity (Wildman–Crippen MR) is 134 cm³/mol. The number of para-hydroxylation sites is 1. The first-order chi connectivity index (χ1) is 17.2. The Hall–Kier alpha value is -3.63. The van der Waals surface area contributed by atoms with Crippen molar-refractivity contribution in [1.82, 2.24) is 4.98 Å². The average Bonchev–Trinajstić information content (AvgIpc) is 3.44. The van der Waals surface area contributed by atoms with Crippen molar-refractivity contribution in [3.05, 3.63) is 95.6 Å². The highest BCUT2D eigenvalue weighted by molar-refractivity contribution is 7.98. The van der Waals surface area contributed by atoms with Gasteiger partial charge in [0.1, 0.15) is 17.6 Å². The van der Waals surface area contributed by atoms with Gasteiger partial charge in [0.15, 0.2) is 0 Å².